The molecule has 0 radical (unpaired) electrons. The van der Waals surface area contributed by atoms with Crippen molar-refractivity contribution < 1.29 is 4.79 Å². The molecule has 0 bridgehead atoms. The highest BCUT2D eigenvalue weighted by molar-refractivity contribution is 5.74. The van der Waals surface area contributed by atoms with E-state index in [9.17, 15) is 4.79 Å². The number of nitrogens with zero attached hydrogens (tertiary/aromatic N) is 2. The number of aryl methyl sites for hydroxylation is 1. The van der Waals surface area contributed by atoms with Gasteiger partial charge < -0.3 is 15.2 Å². The second kappa shape index (κ2) is 6.83. The van der Waals surface area contributed by atoms with Gasteiger partial charge in [-0.05, 0) is 25.7 Å². The van der Waals surface area contributed by atoms with Gasteiger partial charge in [0.1, 0.15) is 0 Å². The van der Waals surface area contributed by atoms with Gasteiger partial charge >= 0.3 is 6.03 Å². The van der Waals surface area contributed by atoms with Gasteiger partial charge in [0.2, 0.25) is 0 Å². The average molecular weight is 248 g/mol. The van der Waals surface area contributed by atoms with E-state index in [1.807, 2.05) is 10.8 Å². The van der Waals surface area contributed by atoms with Crippen molar-refractivity contribution in [3.05, 3.63) is 30.9 Å². The molecule has 1 aromatic heterocycles. The monoisotopic (exact) mass is 248 g/mol. The molecule has 0 saturated heterocycles. The van der Waals surface area contributed by atoms with Crippen LogP contribution in [0.3, 0.4) is 0 Å². The summed E-state index contributed by atoms with van der Waals surface area (Å²) in [4.78, 5) is 15.6. The number of hydrogen-bond donors (Lipinski definition) is 2. The van der Waals surface area contributed by atoms with Crippen LogP contribution < -0.4 is 10.6 Å². The van der Waals surface area contributed by atoms with E-state index in [1.54, 1.807) is 12.5 Å². The molecule has 98 valence electrons. The molecule has 18 heavy (non-hydrogen) atoms. The zero-order valence-corrected chi connectivity index (χ0v) is 10.5. The third-order valence-electron chi connectivity index (χ3n) is 3.01. The van der Waals surface area contributed by atoms with Crippen molar-refractivity contribution in [3.63, 3.8) is 0 Å². The van der Waals surface area contributed by atoms with E-state index in [4.69, 9.17) is 0 Å². The van der Waals surface area contributed by atoms with Gasteiger partial charge in [-0.25, -0.2) is 9.78 Å². The van der Waals surface area contributed by atoms with Crippen LogP contribution in [-0.4, -0.2) is 28.2 Å². The van der Waals surface area contributed by atoms with Crippen LogP contribution in [0.1, 0.15) is 25.7 Å². The number of urea groups is 1. The van der Waals surface area contributed by atoms with Crippen LogP contribution in [0.4, 0.5) is 4.79 Å². The quantitative estimate of drug-likeness (QED) is 0.615. The Hall–Kier alpha value is -1.78. The molecule has 2 amide bonds. The Bertz CT molecular complexity index is 386. The number of amides is 2. The summed E-state index contributed by atoms with van der Waals surface area (Å²) in [6.07, 6.45) is 13.9. The lowest BCUT2D eigenvalue weighted by molar-refractivity contribution is 0.237. The number of nitrogens with one attached hydrogen (secondary N) is 2. The van der Waals surface area contributed by atoms with Crippen molar-refractivity contribution >= 4 is 6.03 Å². The number of imidazole rings is 1. The van der Waals surface area contributed by atoms with Crippen molar-refractivity contribution in [2.24, 2.45) is 0 Å². The number of carbonyl (C=O) groups excluding carboxylic acids is 1. The smallest absolute Gasteiger partial charge is 0.315 e. The van der Waals surface area contributed by atoms with Crippen LogP contribution in [0.5, 0.6) is 0 Å². The lowest BCUT2D eigenvalue weighted by Gasteiger charge is -2.18. The lowest BCUT2D eigenvalue weighted by Crippen LogP contribution is -2.42. The van der Waals surface area contributed by atoms with Gasteiger partial charge in [0.05, 0.1) is 6.33 Å². The van der Waals surface area contributed by atoms with Crippen LogP contribution in [-0.2, 0) is 6.54 Å². The highest BCUT2D eigenvalue weighted by atomic mass is 16.2. The summed E-state index contributed by atoms with van der Waals surface area (Å²) in [5.41, 5.74) is 0. The van der Waals surface area contributed by atoms with Gasteiger partial charge in [0.25, 0.3) is 0 Å². The van der Waals surface area contributed by atoms with Gasteiger partial charge in [0, 0.05) is 31.5 Å². The van der Waals surface area contributed by atoms with E-state index >= 15 is 0 Å². The Kier molecular flexibility index (Phi) is 4.81. The lowest BCUT2D eigenvalue weighted by atomic mass is 10.0. The molecule has 1 aliphatic carbocycles. The average Bonchev–Trinajstić information content (AvgIpc) is 2.89. The number of hydrogen-bond acceptors (Lipinski definition) is 2. The van der Waals surface area contributed by atoms with E-state index in [2.05, 4.69) is 27.8 Å². The molecule has 5 nitrogen and oxygen atoms in total. The summed E-state index contributed by atoms with van der Waals surface area (Å²) in [7, 11) is 0. The van der Waals surface area contributed by atoms with Gasteiger partial charge in [-0.15, -0.1) is 0 Å². The number of carbonyl (C=O) groups is 1. The summed E-state index contributed by atoms with van der Waals surface area (Å²) >= 11 is 0. The largest absolute Gasteiger partial charge is 0.338 e. The topological polar surface area (TPSA) is 59.0 Å². The van der Waals surface area contributed by atoms with Crippen molar-refractivity contribution in [1.29, 1.82) is 0 Å². The van der Waals surface area contributed by atoms with E-state index in [0.717, 1.165) is 32.2 Å². The van der Waals surface area contributed by atoms with E-state index in [-0.39, 0.29) is 12.1 Å². The molecule has 0 aromatic carbocycles. The SMILES string of the molecule is O=C(NCCCn1ccnc1)N[C@H]1C=CCCC1. The van der Waals surface area contributed by atoms with Gasteiger partial charge in [-0.1, -0.05) is 12.2 Å². The first-order valence-corrected chi connectivity index (χ1v) is 6.51. The van der Waals surface area contributed by atoms with E-state index in [1.165, 1.54) is 0 Å². The van der Waals surface area contributed by atoms with E-state index < -0.39 is 0 Å². The molecule has 2 rings (SSSR count). The summed E-state index contributed by atoms with van der Waals surface area (Å²) in [6.45, 7) is 1.56. The maximum absolute atomic E-state index is 11.6. The zero-order chi connectivity index (χ0) is 12.6. The predicted molar refractivity (Wildman–Crippen MR) is 70.2 cm³/mol. The third kappa shape index (κ3) is 4.24. The number of allylic oxidation sites excluding steroid dienone is 1. The van der Waals surface area contributed by atoms with E-state index in [0.29, 0.717) is 6.54 Å². The van der Waals surface area contributed by atoms with Crippen LogP contribution in [0.15, 0.2) is 30.9 Å². The maximum atomic E-state index is 11.6. The molecule has 0 spiro atoms. The van der Waals surface area contributed by atoms with Gasteiger partial charge in [-0.3, -0.25) is 0 Å². The molecule has 1 aliphatic rings. The van der Waals surface area contributed by atoms with Crippen molar-refractivity contribution in [1.82, 2.24) is 20.2 Å². The van der Waals surface area contributed by atoms with Crippen molar-refractivity contribution in [3.8, 4) is 0 Å². The normalized spacial score (nSPS) is 18.6. The minimum absolute atomic E-state index is 0.0721. The standard InChI is InChI=1S/C13H20N4O/c18-13(16-12-5-2-1-3-6-12)15-7-4-9-17-10-8-14-11-17/h2,5,8,10-12H,1,3-4,6-7,9H2,(H2,15,16,18)/t12-/m0/s1. The van der Waals surface area contributed by atoms with Crippen LogP contribution in [0.2, 0.25) is 0 Å². The molecule has 0 unspecified atom stereocenters. The second-order valence-corrected chi connectivity index (χ2v) is 4.52. The molecule has 1 atom stereocenters. The maximum Gasteiger partial charge on any atom is 0.315 e. The van der Waals surface area contributed by atoms with Crippen LogP contribution >= 0.6 is 0 Å². The molecule has 2 N–H and O–H groups in total. The Morgan fingerprint density at radius 2 is 2.44 bits per heavy atom. The third-order valence-corrected chi connectivity index (χ3v) is 3.01. The zero-order valence-electron chi connectivity index (χ0n) is 10.5. The molecule has 1 aromatic rings. The summed E-state index contributed by atoms with van der Waals surface area (Å²) in [5, 5.41) is 5.83. The first kappa shape index (κ1) is 12.7. The van der Waals surface area contributed by atoms with Crippen molar-refractivity contribution in [2.75, 3.05) is 6.54 Å². The minimum atomic E-state index is -0.0721. The predicted octanol–water partition coefficient (Wildman–Crippen LogP) is 1.68. The first-order chi connectivity index (χ1) is 8.84. The fourth-order valence-electron chi connectivity index (χ4n) is 2.03. The highest BCUT2D eigenvalue weighted by Gasteiger charge is 2.10. The Labute approximate surface area is 107 Å². The Morgan fingerprint density at radius 1 is 1.50 bits per heavy atom. The Balaban J connectivity index is 1.57. The molecule has 0 fully saturated rings. The van der Waals surface area contributed by atoms with Gasteiger partial charge in [0.15, 0.2) is 0 Å². The van der Waals surface area contributed by atoms with Crippen molar-refractivity contribution in [2.45, 2.75) is 38.3 Å². The molecule has 0 aliphatic heterocycles. The number of aromatic nitrogens is 2. The summed E-state index contributed by atoms with van der Waals surface area (Å²) in [5.74, 6) is 0. The highest BCUT2D eigenvalue weighted by Crippen LogP contribution is 2.09. The molecular weight excluding hydrogens is 228 g/mol. The fourth-order valence-corrected chi connectivity index (χ4v) is 2.03. The molecule has 5 heteroatoms. The van der Waals surface area contributed by atoms with Crippen LogP contribution in [0, 0.1) is 0 Å². The summed E-state index contributed by atoms with van der Waals surface area (Å²) < 4.78 is 2.00. The van der Waals surface area contributed by atoms with Gasteiger partial charge in [-0.2, -0.15) is 0 Å². The first-order valence-electron chi connectivity index (χ1n) is 6.51. The Morgan fingerprint density at radius 3 is 3.17 bits per heavy atom. The number of rotatable bonds is 5. The minimum Gasteiger partial charge on any atom is -0.338 e. The summed E-state index contributed by atoms with van der Waals surface area (Å²) in [6, 6.07) is 0.129. The fraction of sp³-hybridized carbons (Fsp3) is 0.538. The molecule has 0 saturated carbocycles. The molecular formula is C13H20N4O. The molecule has 1 heterocycles. The second-order valence-electron chi connectivity index (χ2n) is 4.52. The van der Waals surface area contributed by atoms with Crippen LogP contribution in [0.25, 0.3) is 0 Å².